The van der Waals surface area contributed by atoms with Crippen LogP contribution in [0.4, 0.5) is 4.79 Å². The van der Waals surface area contributed by atoms with Crippen molar-refractivity contribution in [3.63, 3.8) is 0 Å². The minimum atomic E-state index is -3.90. The standard InChI is InChI=1S/C38H48N6O8S2/c1-37(2,3)52-36(49)40-28-15-11-6-4-5-10-14-25-18-38(25,35(48)42-54(50,51)26-16-17-26)41-31(45)30-27-22-43(20-24(27)21-44(30)33(28)46)34(47)29-19-39-32(53-29)23-12-8-7-9-13-23/h7-10,12-14,19,24-28,30H,4-6,11,15-18,20-22H2,1-3H3,(H,40,49)(H,41,45)(H,42,48)/b14-10-/t24-,25+,27-,28+,30-,38+/m0/s1. The van der Waals surface area contributed by atoms with Crippen LogP contribution in [0.3, 0.4) is 0 Å². The van der Waals surface area contributed by atoms with E-state index >= 15 is 0 Å². The molecule has 2 saturated carbocycles. The summed E-state index contributed by atoms with van der Waals surface area (Å²) in [5, 5.41) is 5.76. The van der Waals surface area contributed by atoms with Crippen LogP contribution in [0.25, 0.3) is 10.6 Å². The fraction of sp³-hybridized carbons (Fsp3) is 0.579. The summed E-state index contributed by atoms with van der Waals surface area (Å²) >= 11 is 1.28. The van der Waals surface area contributed by atoms with Gasteiger partial charge in [-0.2, -0.15) is 0 Å². The van der Waals surface area contributed by atoms with Gasteiger partial charge < -0.3 is 25.2 Å². The van der Waals surface area contributed by atoms with Crippen LogP contribution in [-0.4, -0.2) is 101 Å². The fourth-order valence-corrected chi connectivity index (χ4v) is 10.2. The number of carbonyl (C=O) groups excluding carboxylic acids is 5. The molecule has 2 saturated heterocycles. The molecule has 2 aromatic rings. The molecular weight excluding hydrogens is 733 g/mol. The van der Waals surface area contributed by atoms with E-state index in [-0.39, 0.29) is 37.9 Å². The fourth-order valence-electron chi connectivity index (χ4n) is 7.93. The van der Waals surface area contributed by atoms with E-state index in [1.165, 1.54) is 16.2 Å². The number of allylic oxidation sites excluding steroid dienone is 1. The SMILES string of the molecule is CC(C)(C)OC(=O)N[C@@H]1CCCCC/C=C\[C@@H]2C[C@@]2(C(=O)NS(=O)(=O)C2CC2)NC(=O)[C@@H]2[C@H]3CN(C(=O)c4cnc(-c5ccccc5)s4)C[C@H]3CN2C1=O. The Bertz CT molecular complexity index is 1940. The van der Waals surface area contributed by atoms with Crippen molar-refractivity contribution < 1.29 is 37.1 Å². The van der Waals surface area contributed by atoms with Crippen molar-refractivity contribution in [3.8, 4) is 10.6 Å². The number of benzene rings is 1. The lowest BCUT2D eigenvalue weighted by molar-refractivity contribution is -0.142. The smallest absolute Gasteiger partial charge is 0.408 e. The number of hydrogen-bond acceptors (Lipinski definition) is 10. The molecule has 290 valence electrons. The minimum absolute atomic E-state index is 0.147. The van der Waals surface area contributed by atoms with Crippen molar-refractivity contribution in [1.82, 2.24) is 30.1 Å². The third-order valence-electron chi connectivity index (χ3n) is 10.9. The molecule has 0 unspecified atom stereocenters. The van der Waals surface area contributed by atoms with Crippen LogP contribution in [0.2, 0.25) is 0 Å². The maximum Gasteiger partial charge on any atom is 0.408 e. The summed E-state index contributed by atoms with van der Waals surface area (Å²) in [6, 6.07) is 7.49. The quantitative estimate of drug-likeness (QED) is 0.369. The number of hydrogen-bond donors (Lipinski definition) is 3. The number of thiazole rings is 1. The number of aromatic nitrogens is 1. The number of carbonyl (C=O) groups is 5. The molecule has 4 fully saturated rings. The lowest BCUT2D eigenvalue weighted by Crippen LogP contribution is -2.60. The van der Waals surface area contributed by atoms with Crippen molar-refractivity contribution in [2.24, 2.45) is 17.8 Å². The zero-order valence-electron chi connectivity index (χ0n) is 30.8. The Morgan fingerprint density at radius 1 is 1.02 bits per heavy atom. The number of ether oxygens (including phenoxy) is 1. The molecule has 5 amide bonds. The lowest BCUT2D eigenvalue weighted by Gasteiger charge is -2.33. The molecule has 16 heteroatoms. The lowest BCUT2D eigenvalue weighted by atomic mass is 9.93. The van der Waals surface area contributed by atoms with E-state index in [1.54, 1.807) is 31.9 Å². The second-order valence-electron chi connectivity index (χ2n) is 16.2. The Balaban J connectivity index is 1.17. The van der Waals surface area contributed by atoms with Crippen molar-refractivity contribution in [3.05, 3.63) is 53.6 Å². The van der Waals surface area contributed by atoms with Gasteiger partial charge >= 0.3 is 6.09 Å². The minimum Gasteiger partial charge on any atom is -0.444 e. The molecule has 5 aliphatic rings. The summed E-state index contributed by atoms with van der Waals surface area (Å²) in [5.41, 5.74) is -1.42. The Morgan fingerprint density at radius 2 is 1.78 bits per heavy atom. The Labute approximate surface area is 319 Å². The number of fused-ring (bicyclic) bond motifs is 4. The highest BCUT2D eigenvalue weighted by Crippen LogP contribution is 2.47. The molecule has 4 heterocycles. The van der Waals surface area contributed by atoms with E-state index in [2.05, 4.69) is 20.3 Å². The van der Waals surface area contributed by atoms with Crippen LogP contribution >= 0.6 is 11.3 Å². The van der Waals surface area contributed by atoms with Crippen LogP contribution in [0.15, 0.2) is 48.7 Å². The number of sulfonamides is 1. The highest BCUT2D eigenvalue weighted by atomic mass is 32.2. The van der Waals surface area contributed by atoms with Crippen LogP contribution in [0.5, 0.6) is 0 Å². The third kappa shape index (κ3) is 8.04. The van der Waals surface area contributed by atoms with Crippen LogP contribution in [-0.2, 0) is 29.1 Å². The average molecular weight is 781 g/mol. The Morgan fingerprint density at radius 3 is 2.50 bits per heavy atom. The number of rotatable bonds is 6. The van der Waals surface area contributed by atoms with Gasteiger partial charge in [-0.25, -0.2) is 18.2 Å². The number of alkyl carbamates (subject to hydrolysis) is 1. The third-order valence-corrected chi connectivity index (χ3v) is 13.8. The molecule has 0 spiro atoms. The summed E-state index contributed by atoms with van der Waals surface area (Å²) in [6.45, 7) is 5.80. The zero-order valence-corrected chi connectivity index (χ0v) is 32.4. The molecule has 7 rings (SSSR count). The summed E-state index contributed by atoms with van der Waals surface area (Å²) in [5.74, 6) is -3.26. The maximum absolute atomic E-state index is 14.6. The number of amides is 5. The van der Waals surface area contributed by atoms with Gasteiger partial charge in [0.25, 0.3) is 11.8 Å². The number of nitrogens with zero attached hydrogens (tertiary/aromatic N) is 3. The summed E-state index contributed by atoms with van der Waals surface area (Å²) < 4.78 is 33.5. The first-order valence-electron chi connectivity index (χ1n) is 18.8. The van der Waals surface area contributed by atoms with Gasteiger partial charge in [0.15, 0.2) is 0 Å². The Hall–Kier alpha value is -4.31. The largest absolute Gasteiger partial charge is 0.444 e. The van der Waals surface area contributed by atoms with E-state index in [9.17, 15) is 32.4 Å². The molecule has 2 aliphatic carbocycles. The van der Waals surface area contributed by atoms with Gasteiger partial charge in [-0.15, -0.1) is 11.3 Å². The first-order chi connectivity index (χ1) is 25.6. The molecule has 1 aromatic heterocycles. The van der Waals surface area contributed by atoms with Crippen molar-refractivity contribution in [2.75, 3.05) is 19.6 Å². The predicted molar refractivity (Wildman–Crippen MR) is 200 cm³/mol. The second-order valence-corrected chi connectivity index (χ2v) is 19.2. The van der Waals surface area contributed by atoms with Crippen LogP contribution in [0, 0.1) is 17.8 Å². The summed E-state index contributed by atoms with van der Waals surface area (Å²) in [4.78, 5) is 77.9. The van der Waals surface area contributed by atoms with Gasteiger partial charge in [0.1, 0.15) is 33.1 Å². The number of likely N-dealkylation sites (tertiary alicyclic amines) is 1. The normalized spacial score (nSPS) is 29.4. The first-order valence-corrected chi connectivity index (χ1v) is 21.2. The molecule has 1 aromatic carbocycles. The highest BCUT2D eigenvalue weighted by Gasteiger charge is 2.63. The van der Waals surface area contributed by atoms with Crippen molar-refractivity contribution in [2.45, 2.75) is 101 Å². The summed E-state index contributed by atoms with van der Waals surface area (Å²) in [7, 11) is -3.90. The maximum atomic E-state index is 14.6. The van der Waals surface area contributed by atoms with Gasteiger partial charge in [0.05, 0.1) is 11.4 Å². The molecule has 3 N–H and O–H groups in total. The number of nitrogens with one attached hydrogen (secondary N) is 3. The van der Waals surface area contributed by atoms with Crippen LogP contribution in [0.1, 0.15) is 81.8 Å². The van der Waals surface area contributed by atoms with E-state index < -0.39 is 74.1 Å². The van der Waals surface area contributed by atoms with E-state index in [0.717, 1.165) is 18.4 Å². The monoisotopic (exact) mass is 780 g/mol. The van der Waals surface area contributed by atoms with Crippen LogP contribution < -0.4 is 15.4 Å². The van der Waals surface area contributed by atoms with Crippen molar-refractivity contribution >= 4 is 51.1 Å². The van der Waals surface area contributed by atoms with E-state index in [0.29, 0.717) is 42.0 Å². The molecular formula is C38H48N6O8S2. The van der Waals surface area contributed by atoms with Gasteiger partial charge in [-0.05, 0) is 59.3 Å². The molecule has 3 aliphatic heterocycles. The van der Waals surface area contributed by atoms with Gasteiger partial charge in [-0.1, -0.05) is 55.3 Å². The van der Waals surface area contributed by atoms with E-state index in [4.69, 9.17) is 4.74 Å². The van der Waals surface area contributed by atoms with E-state index in [1.807, 2.05) is 42.5 Å². The zero-order chi connectivity index (χ0) is 38.4. The van der Waals surface area contributed by atoms with Crippen molar-refractivity contribution in [1.29, 1.82) is 0 Å². The molecule has 6 atom stereocenters. The predicted octanol–water partition coefficient (Wildman–Crippen LogP) is 3.61. The molecule has 54 heavy (non-hydrogen) atoms. The van der Waals surface area contributed by atoms with Gasteiger partial charge in [0, 0.05) is 43.0 Å². The second kappa shape index (κ2) is 14.7. The van der Waals surface area contributed by atoms with Gasteiger partial charge in [0.2, 0.25) is 21.8 Å². The first kappa shape index (κ1) is 38.0. The molecule has 0 radical (unpaired) electrons. The molecule has 0 bridgehead atoms. The highest BCUT2D eigenvalue weighted by molar-refractivity contribution is 7.91. The average Bonchev–Trinajstić information content (AvgIpc) is 3.93. The summed E-state index contributed by atoms with van der Waals surface area (Å²) in [6.07, 6.45) is 8.99. The van der Waals surface area contributed by atoms with Gasteiger partial charge in [-0.3, -0.25) is 23.9 Å². The Kier molecular flexibility index (Phi) is 10.4. The topological polar surface area (TPSA) is 184 Å². The molecule has 14 nitrogen and oxygen atoms in total.